The number of rotatable bonds is 8. The van der Waals surface area contributed by atoms with Crippen LogP contribution in [0.5, 0.6) is 0 Å². The highest BCUT2D eigenvalue weighted by atomic mass is 19.4. The highest BCUT2D eigenvalue weighted by Gasteiger charge is 2.31. The number of hydrogen-bond acceptors (Lipinski definition) is 4. The molecule has 0 atom stereocenters. The van der Waals surface area contributed by atoms with Crippen molar-refractivity contribution in [3.63, 3.8) is 0 Å². The van der Waals surface area contributed by atoms with Crippen LogP contribution in [0.25, 0.3) is 11.3 Å². The summed E-state index contributed by atoms with van der Waals surface area (Å²) in [5.74, 6) is -0.417. The number of halogens is 3. The molecule has 0 aliphatic carbocycles. The van der Waals surface area contributed by atoms with Crippen molar-refractivity contribution < 1.29 is 27.2 Å². The molecular weight excluding hydrogens is 349 g/mol. The number of carbonyl (C=O) groups is 1. The number of ether oxygens (including phenoxy) is 1. The topological polar surface area (TPSA) is 64.4 Å². The molecule has 0 fully saturated rings. The number of hydrogen-bond donors (Lipinski definition) is 1. The number of nitrogens with zero attached hydrogens (tertiary/aromatic N) is 1. The van der Waals surface area contributed by atoms with Crippen LogP contribution in [0, 0.1) is 6.92 Å². The summed E-state index contributed by atoms with van der Waals surface area (Å²) in [6.07, 6.45) is -2.92. The smallest absolute Gasteiger partial charge is 0.381 e. The second-order valence-corrected chi connectivity index (χ2v) is 5.77. The van der Waals surface area contributed by atoms with Gasteiger partial charge in [0.2, 0.25) is 0 Å². The Kier molecular flexibility index (Phi) is 6.79. The average Bonchev–Trinajstić information content (AvgIpc) is 2.99. The Morgan fingerprint density at radius 2 is 2.08 bits per heavy atom. The molecular formula is C18H21F3N2O3. The molecule has 0 bridgehead atoms. The zero-order valence-corrected chi connectivity index (χ0v) is 14.7. The highest BCUT2D eigenvalue weighted by molar-refractivity contribution is 6.00. The molecule has 8 heteroatoms. The van der Waals surface area contributed by atoms with Crippen molar-refractivity contribution in [1.29, 1.82) is 0 Å². The SMILES string of the molecule is CCCOCCCNC(=O)c1c(C)noc1-c1cccc(C(F)(F)F)c1. The van der Waals surface area contributed by atoms with Crippen LogP contribution < -0.4 is 5.32 Å². The fourth-order valence-corrected chi connectivity index (χ4v) is 2.38. The summed E-state index contributed by atoms with van der Waals surface area (Å²) < 4.78 is 49.2. The van der Waals surface area contributed by atoms with Gasteiger partial charge in [0.25, 0.3) is 5.91 Å². The summed E-state index contributed by atoms with van der Waals surface area (Å²) in [6.45, 7) is 5.15. The van der Waals surface area contributed by atoms with E-state index in [2.05, 4.69) is 10.5 Å². The van der Waals surface area contributed by atoms with Crippen molar-refractivity contribution in [2.24, 2.45) is 0 Å². The zero-order chi connectivity index (χ0) is 19.2. The van der Waals surface area contributed by atoms with Gasteiger partial charge in [0.1, 0.15) is 5.56 Å². The molecule has 0 unspecified atom stereocenters. The molecule has 0 radical (unpaired) electrons. The first kappa shape index (κ1) is 20.0. The molecule has 1 amide bonds. The molecule has 0 aliphatic heterocycles. The monoisotopic (exact) mass is 370 g/mol. The van der Waals surface area contributed by atoms with Gasteiger partial charge in [-0.25, -0.2) is 0 Å². The molecule has 5 nitrogen and oxygen atoms in total. The van der Waals surface area contributed by atoms with E-state index in [0.717, 1.165) is 18.6 Å². The molecule has 2 rings (SSSR count). The predicted octanol–water partition coefficient (Wildman–Crippen LogP) is 4.22. The average molecular weight is 370 g/mol. The highest BCUT2D eigenvalue weighted by Crippen LogP contribution is 2.33. The molecule has 2 aromatic rings. The van der Waals surface area contributed by atoms with Gasteiger partial charge in [-0.05, 0) is 31.9 Å². The standard InChI is InChI=1S/C18H21F3N2O3/c1-3-9-25-10-5-8-22-17(24)15-12(2)23-26-16(15)13-6-4-7-14(11-13)18(19,20)21/h4,6-7,11H,3,5,8-10H2,1-2H3,(H,22,24). The van der Waals surface area contributed by atoms with Gasteiger partial charge in [0.15, 0.2) is 5.76 Å². The lowest BCUT2D eigenvalue weighted by molar-refractivity contribution is -0.137. The lowest BCUT2D eigenvalue weighted by Gasteiger charge is -2.09. The maximum atomic E-state index is 12.9. The van der Waals surface area contributed by atoms with Crippen molar-refractivity contribution >= 4 is 5.91 Å². The van der Waals surface area contributed by atoms with E-state index in [4.69, 9.17) is 9.26 Å². The summed E-state index contributed by atoms with van der Waals surface area (Å²) in [5, 5.41) is 6.45. The van der Waals surface area contributed by atoms with E-state index in [9.17, 15) is 18.0 Å². The predicted molar refractivity (Wildman–Crippen MR) is 89.7 cm³/mol. The third-order valence-electron chi connectivity index (χ3n) is 3.64. The van der Waals surface area contributed by atoms with Crippen LogP contribution in [-0.2, 0) is 10.9 Å². The fraction of sp³-hybridized carbons (Fsp3) is 0.444. The zero-order valence-electron chi connectivity index (χ0n) is 14.7. The molecule has 1 N–H and O–H groups in total. The van der Waals surface area contributed by atoms with E-state index in [0.29, 0.717) is 31.9 Å². The summed E-state index contributed by atoms with van der Waals surface area (Å²) >= 11 is 0. The van der Waals surface area contributed by atoms with E-state index in [1.165, 1.54) is 12.1 Å². The Balaban J connectivity index is 2.12. The van der Waals surface area contributed by atoms with Gasteiger partial charge >= 0.3 is 6.18 Å². The van der Waals surface area contributed by atoms with Gasteiger partial charge in [0, 0.05) is 25.3 Å². The van der Waals surface area contributed by atoms with Gasteiger partial charge < -0.3 is 14.6 Å². The molecule has 0 spiro atoms. The maximum Gasteiger partial charge on any atom is 0.416 e. The Hall–Kier alpha value is -2.35. The van der Waals surface area contributed by atoms with Gasteiger partial charge in [-0.3, -0.25) is 4.79 Å². The summed E-state index contributed by atoms with van der Waals surface area (Å²) in [6, 6.07) is 4.62. The summed E-state index contributed by atoms with van der Waals surface area (Å²) in [5.41, 5.74) is -0.212. The molecule has 0 saturated heterocycles. The first-order valence-corrected chi connectivity index (χ1v) is 8.34. The van der Waals surface area contributed by atoms with E-state index in [1.54, 1.807) is 6.92 Å². The molecule has 1 heterocycles. The van der Waals surface area contributed by atoms with Crippen LogP contribution >= 0.6 is 0 Å². The maximum absolute atomic E-state index is 12.9. The van der Waals surface area contributed by atoms with Crippen molar-refractivity contribution in [2.45, 2.75) is 32.9 Å². The normalized spacial score (nSPS) is 11.6. The van der Waals surface area contributed by atoms with Crippen LogP contribution in [0.2, 0.25) is 0 Å². The Morgan fingerprint density at radius 1 is 1.31 bits per heavy atom. The van der Waals surface area contributed by atoms with E-state index < -0.39 is 17.6 Å². The van der Waals surface area contributed by atoms with Crippen molar-refractivity contribution in [3.05, 3.63) is 41.1 Å². The molecule has 1 aromatic carbocycles. The second kappa shape index (κ2) is 8.84. The molecule has 0 aliphatic rings. The quantitative estimate of drug-likeness (QED) is 0.707. The summed E-state index contributed by atoms with van der Waals surface area (Å²) in [4.78, 5) is 12.4. The Labute approximate surface area is 149 Å². The minimum absolute atomic E-state index is 0.0216. The Morgan fingerprint density at radius 3 is 2.77 bits per heavy atom. The number of amides is 1. The van der Waals surface area contributed by atoms with Crippen LogP contribution in [0.4, 0.5) is 13.2 Å². The van der Waals surface area contributed by atoms with Gasteiger partial charge in [-0.15, -0.1) is 0 Å². The second-order valence-electron chi connectivity index (χ2n) is 5.77. The van der Waals surface area contributed by atoms with Crippen LogP contribution in [0.1, 0.15) is 41.4 Å². The van der Waals surface area contributed by atoms with Crippen molar-refractivity contribution in [2.75, 3.05) is 19.8 Å². The Bertz CT molecular complexity index is 742. The lowest BCUT2D eigenvalue weighted by Crippen LogP contribution is -2.26. The van der Waals surface area contributed by atoms with Gasteiger partial charge in [-0.1, -0.05) is 24.2 Å². The van der Waals surface area contributed by atoms with Gasteiger partial charge in [-0.2, -0.15) is 13.2 Å². The summed E-state index contributed by atoms with van der Waals surface area (Å²) in [7, 11) is 0. The first-order chi connectivity index (χ1) is 12.3. The van der Waals surface area contributed by atoms with E-state index in [-0.39, 0.29) is 16.9 Å². The van der Waals surface area contributed by atoms with Crippen LogP contribution in [0.15, 0.2) is 28.8 Å². The largest absolute Gasteiger partial charge is 0.416 e. The number of alkyl halides is 3. The van der Waals surface area contributed by atoms with Crippen LogP contribution in [0.3, 0.4) is 0 Å². The number of aryl methyl sites for hydroxylation is 1. The number of aromatic nitrogens is 1. The molecule has 26 heavy (non-hydrogen) atoms. The minimum atomic E-state index is -4.48. The number of carbonyl (C=O) groups excluding carboxylic acids is 1. The molecule has 1 aromatic heterocycles. The number of benzene rings is 1. The van der Waals surface area contributed by atoms with Crippen molar-refractivity contribution in [3.8, 4) is 11.3 Å². The van der Waals surface area contributed by atoms with E-state index >= 15 is 0 Å². The molecule has 0 saturated carbocycles. The van der Waals surface area contributed by atoms with E-state index in [1.807, 2.05) is 6.92 Å². The third-order valence-corrected chi connectivity index (χ3v) is 3.64. The lowest BCUT2D eigenvalue weighted by atomic mass is 10.0. The van der Waals surface area contributed by atoms with Crippen molar-refractivity contribution in [1.82, 2.24) is 10.5 Å². The minimum Gasteiger partial charge on any atom is -0.381 e. The third kappa shape index (κ3) is 5.08. The fourth-order valence-electron chi connectivity index (χ4n) is 2.38. The van der Waals surface area contributed by atoms with Gasteiger partial charge in [0.05, 0.1) is 11.3 Å². The van der Waals surface area contributed by atoms with Crippen LogP contribution in [-0.4, -0.2) is 30.8 Å². The number of nitrogens with one attached hydrogen (secondary N) is 1. The first-order valence-electron chi connectivity index (χ1n) is 8.34. The molecule has 142 valence electrons.